The number of carbonyl (C=O) groups is 1. The Morgan fingerprint density at radius 2 is 1.74 bits per heavy atom. The van der Waals surface area contributed by atoms with Gasteiger partial charge in [-0.2, -0.15) is 31.4 Å². The van der Waals surface area contributed by atoms with Crippen molar-refractivity contribution in [2.45, 2.75) is 30.7 Å². The number of methoxy groups -OCH3 is 1. The predicted octanol–water partition coefficient (Wildman–Crippen LogP) is 4.34. The molecule has 13 heteroatoms. The summed E-state index contributed by atoms with van der Waals surface area (Å²) in [6.45, 7) is 0. The lowest BCUT2D eigenvalue weighted by Crippen LogP contribution is -2.36. The molecule has 1 fully saturated rings. The van der Waals surface area contributed by atoms with Crippen LogP contribution in [0.25, 0.3) is 11.3 Å². The van der Waals surface area contributed by atoms with Gasteiger partial charge in [-0.25, -0.2) is 0 Å². The van der Waals surface area contributed by atoms with Crippen molar-refractivity contribution in [3.8, 4) is 17.0 Å². The maximum Gasteiger partial charge on any atom is 0.435 e. The molecule has 180 valence electrons. The lowest BCUT2D eigenvalue weighted by atomic mass is 10.0. The first-order chi connectivity index (χ1) is 15.8. The molecule has 4 rings (SSSR count). The van der Waals surface area contributed by atoms with Gasteiger partial charge in [-0.1, -0.05) is 0 Å². The molecule has 0 radical (unpaired) electrons. The number of hydrogen-bond donors (Lipinski definition) is 1. The van der Waals surface area contributed by atoms with Gasteiger partial charge < -0.3 is 10.1 Å². The standard InChI is InChI=1S/C21H17F6N5O2/c1-32-13(9-16(31-32)21(25,26)27)18(33)30-19(4-5-19)12-8-14(34-2)17(29-10-12)11-3-6-28-15(7-11)20(22,23)24/h3,6-10H,4-5H2,1-2H3,(H,30,33). The van der Waals surface area contributed by atoms with Crippen LogP contribution in [0.15, 0.2) is 36.7 Å². The molecular weight excluding hydrogens is 468 g/mol. The van der Waals surface area contributed by atoms with Crippen molar-refractivity contribution < 1.29 is 35.9 Å². The topological polar surface area (TPSA) is 81.9 Å². The number of halogens is 6. The summed E-state index contributed by atoms with van der Waals surface area (Å²) in [6.07, 6.45) is -5.95. The largest absolute Gasteiger partial charge is 0.494 e. The van der Waals surface area contributed by atoms with Crippen LogP contribution < -0.4 is 10.1 Å². The first-order valence-electron chi connectivity index (χ1n) is 9.86. The number of amides is 1. The zero-order valence-electron chi connectivity index (χ0n) is 17.8. The Kier molecular flexibility index (Phi) is 5.53. The average molecular weight is 485 g/mol. The minimum atomic E-state index is -4.69. The van der Waals surface area contributed by atoms with Crippen LogP contribution in [0.2, 0.25) is 0 Å². The van der Waals surface area contributed by atoms with E-state index in [4.69, 9.17) is 4.74 Å². The molecule has 0 aliphatic heterocycles. The van der Waals surface area contributed by atoms with Gasteiger partial charge in [0.15, 0.2) is 5.69 Å². The van der Waals surface area contributed by atoms with Crippen molar-refractivity contribution in [1.82, 2.24) is 25.1 Å². The SMILES string of the molecule is COc1cc(C2(NC(=O)c3cc(C(F)(F)F)nn3C)CC2)cnc1-c1ccnc(C(F)(F)F)c1. The van der Waals surface area contributed by atoms with E-state index in [2.05, 4.69) is 20.4 Å². The Hall–Kier alpha value is -3.64. The maximum atomic E-state index is 13.0. The van der Waals surface area contributed by atoms with Crippen molar-refractivity contribution in [3.05, 3.63) is 59.3 Å². The van der Waals surface area contributed by atoms with E-state index in [1.54, 1.807) is 0 Å². The van der Waals surface area contributed by atoms with Crippen molar-refractivity contribution in [3.63, 3.8) is 0 Å². The van der Waals surface area contributed by atoms with Crippen LogP contribution in [0.5, 0.6) is 5.75 Å². The number of aromatic nitrogens is 4. The quantitative estimate of drug-likeness (QED) is 0.544. The van der Waals surface area contributed by atoms with E-state index >= 15 is 0 Å². The van der Waals surface area contributed by atoms with Crippen LogP contribution >= 0.6 is 0 Å². The van der Waals surface area contributed by atoms with E-state index in [1.165, 1.54) is 32.5 Å². The number of rotatable bonds is 5. The highest BCUT2D eigenvalue weighted by atomic mass is 19.4. The fourth-order valence-electron chi connectivity index (χ4n) is 3.52. The molecular formula is C21H17F6N5O2. The summed E-state index contributed by atoms with van der Waals surface area (Å²) in [5, 5.41) is 6.06. The van der Waals surface area contributed by atoms with E-state index in [0.29, 0.717) is 24.5 Å². The fraction of sp³-hybridized carbons (Fsp3) is 0.333. The highest BCUT2D eigenvalue weighted by molar-refractivity contribution is 5.93. The fourth-order valence-corrected chi connectivity index (χ4v) is 3.52. The molecule has 1 aliphatic rings. The van der Waals surface area contributed by atoms with E-state index in [1.807, 2.05) is 0 Å². The van der Waals surface area contributed by atoms with Gasteiger partial charge in [-0.3, -0.25) is 19.4 Å². The second-order valence-corrected chi connectivity index (χ2v) is 7.77. The van der Waals surface area contributed by atoms with E-state index < -0.39 is 35.2 Å². The van der Waals surface area contributed by atoms with Crippen LogP contribution in [-0.4, -0.2) is 32.8 Å². The number of alkyl halides is 6. The molecule has 3 heterocycles. The van der Waals surface area contributed by atoms with Crippen molar-refractivity contribution >= 4 is 5.91 Å². The smallest absolute Gasteiger partial charge is 0.435 e. The molecule has 1 amide bonds. The van der Waals surface area contributed by atoms with E-state index in [-0.39, 0.29) is 22.7 Å². The summed E-state index contributed by atoms with van der Waals surface area (Å²) in [5.74, 6) is -0.591. The Balaban J connectivity index is 1.62. The Morgan fingerprint density at radius 3 is 2.29 bits per heavy atom. The van der Waals surface area contributed by atoms with Gasteiger partial charge in [-0.05, 0) is 36.6 Å². The molecule has 7 nitrogen and oxygen atoms in total. The maximum absolute atomic E-state index is 13.0. The first kappa shape index (κ1) is 23.5. The second-order valence-electron chi connectivity index (χ2n) is 7.77. The Morgan fingerprint density at radius 1 is 1.06 bits per heavy atom. The summed E-state index contributed by atoms with van der Waals surface area (Å²) in [7, 11) is 2.55. The van der Waals surface area contributed by atoms with Crippen LogP contribution in [0.1, 0.15) is 40.3 Å². The Labute approximate surface area is 188 Å². The average Bonchev–Trinajstić information content (AvgIpc) is 3.43. The molecule has 1 saturated carbocycles. The van der Waals surface area contributed by atoms with Gasteiger partial charge in [0.25, 0.3) is 5.91 Å². The minimum absolute atomic E-state index is 0.133. The molecule has 0 atom stereocenters. The summed E-state index contributed by atoms with van der Waals surface area (Å²) < 4.78 is 84.0. The third kappa shape index (κ3) is 4.41. The normalized spacial score (nSPS) is 15.2. The summed E-state index contributed by atoms with van der Waals surface area (Å²) in [6, 6.07) is 4.40. The summed E-state index contributed by atoms with van der Waals surface area (Å²) in [4.78, 5) is 20.3. The Bertz CT molecular complexity index is 1250. The number of nitrogens with one attached hydrogen (secondary N) is 1. The highest BCUT2D eigenvalue weighted by Gasteiger charge is 2.47. The van der Waals surface area contributed by atoms with Gasteiger partial charge in [0.05, 0.1) is 12.6 Å². The van der Waals surface area contributed by atoms with Gasteiger partial charge in [-0.15, -0.1) is 0 Å². The number of hydrogen-bond acceptors (Lipinski definition) is 5. The highest BCUT2D eigenvalue weighted by Crippen LogP contribution is 2.47. The third-order valence-electron chi connectivity index (χ3n) is 5.45. The zero-order valence-corrected chi connectivity index (χ0v) is 17.8. The number of pyridine rings is 2. The molecule has 3 aromatic heterocycles. The van der Waals surface area contributed by atoms with Crippen LogP contribution in [-0.2, 0) is 24.9 Å². The number of ether oxygens (including phenoxy) is 1. The first-order valence-corrected chi connectivity index (χ1v) is 9.86. The van der Waals surface area contributed by atoms with E-state index in [0.717, 1.165) is 16.9 Å². The summed E-state index contributed by atoms with van der Waals surface area (Å²) >= 11 is 0. The molecule has 0 unspecified atom stereocenters. The minimum Gasteiger partial charge on any atom is -0.494 e. The van der Waals surface area contributed by atoms with Crippen molar-refractivity contribution in [1.29, 1.82) is 0 Å². The molecule has 3 aromatic rings. The molecule has 1 N–H and O–H groups in total. The molecule has 0 aromatic carbocycles. The van der Waals surface area contributed by atoms with Gasteiger partial charge in [0.2, 0.25) is 0 Å². The third-order valence-corrected chi connectivity index (χ3v) is 5.45. The van der Waals surface area contributed by atoms with Gasteiger partial charge >= 0.3 is 12.4 Å². The lowest BCUT2D eigenvalue weighted by Gasteiger charge is -2.19. The number of carbonyl (C=O) groups excluding carboxylic acids is 1. The summed E-state index contributed by atoms with van der Waals surface area (Å²) in [5.41, 5.74) is -2.66. The number of aryl methyl sites for hydroxylation is 1. The number of nitrogens with zero attached hydrogens (tertiary/aromatic N) is 4. The van der Waals surface area contributed by atoms with Crippen molar-refractivity contribution in [2.24, 2.45) is 7.05 Å². The predicted molar refractivity (Wildman–Crippen MR) is 106 cm³/mol. The lowest BCUT2D eigenvalue weighted by molar-refractivity contribution is -0.142. The molecule has 0 bridgehead atoms. The van der Waals surface area contributed by atoms with Crippen LogP contribution in [0.3, 0.4) is 0 Å². The van der Waals surface area contributed by atoms with Crippen LogP contribution in [0.4, 0.5) is 26.3 Å². The molecule has 0 saturated heterocycles. The van der Waals surface area contributed by atoms with E-state index in [9.17, 15) is 31.1 Å². The van der Waals surface area contributed by atoms with Crippen molar-refractivity contribution in [2.75, 3.05) is 7.11 Å². The van der Waals surface area contributed by atoms with Crippen LogP contribution in [0, 0.1) is 0 Å². The second kappa shape index (κ2) is 7.99. The molecule has 0 spiro atoms. The monoisotopic (exact) mass is 485 g/mol. The zero-order chi connectivity index (χ0) is 24.9. The van der Waals surface area contributed by atoms with Gasteiger partial charge in [0, 0.05) is 31.1 Å². The molecule has 1 aliphatic carbocycles. The molecule has 34 heavy (non-hydrogen) atoms. The van der Waals surface area contributed by atoms with Gasteiger partial charge in [0.1, 0.15) is 22.8 Å².